The fourth-order valence-corrected chi connectivity index (χ4v) is 1.93. The highest BCUT2D eigenvalue weighted by Crippen LogP contribution is 2.27. The highest BCUT2D eigenvalue weighted by atomic mass is 16.5. The molecule has 1 unspecified atom stereocenters. The summed E-state index contributed by atoms with van der Waals surface area (Å²) in [7, 11) is 0. The Morgan fingerprint density at radius 2 is 2.17 bits per heavy atom. The van der Waals surface area contributed by atoms with Crippen LogP contribution in [0.3, 0.4) is 0 Å². The van der Waals surface area contributed by atoms with E-state index in [1.807, 2.05) is 4.98 Å². The van der Waals surface area contributed by atoms with Crippen molar-refractivity contribution in [1.82, 2.24) is 9.55 Å². The fourth-order valence-electron chi connectivity index (χ4n) is 1.93. The number of hydrogen-bond acceptors (Lipinski definition) is 6. The summed E-state index contributed by atoms with van der Waals surface area (Å²) < 4.78 is 6.30. The molecule has 1 aromatic heterocycles. The average Bonchev–Trinajstić information content (AvgIpc) is 2.71. The lowest BCUT2D eigenvalue weighted by Crippen LogP contribution is -2.37. The first kappa shape index (κ1) is 13.0. The molecule has 2 rings (SSSR count). The van der Waals surface area contributed by atoms with Crippen molar-refractivity contribution in [3.63, 3.8) is 0 Å². The molecule has 18 heavy (non-hydrogen) atoms. The predicted octanol–water partition coefficient (Wildman–Crippen LogP) is -2.33. The van der Waals surface area contributed by atoms with Gasteiger partial charge in [-0.15, -0.1) is 0 Å². The number of nitrogens with zero attached hydrogens (tertiary/aromatic N) is 1. The number of ether oxygens (including phenoxy) is 1. The lowest BCUT2D eigenvalue weighted by molar-refractivity contribution is -0.0532. The highest BCUT2D eigenvalue weighted by molar-refractivity contribution is 5.03. The quantitative estimate of drug-likeness (QED) is 0.482. The summed E-state index contributed by atoms with van der Waals surface area (Å²) in [5.74, 6) is 0. The van der Waals surface area contributed by atoms with Crippen molar-refractivity contribution in [2.75, 3.05) is 6.61 Å². The van der Waals surface area contributed by atoms with Crippen LogP contribution in [-0.4, -0.2) is 43.7 Å². The van der Waals surface area contributed by atoms with Gasteiger partial charge in [0.25, 0.3) is 5.56 Å². The maximum atomic E-state index is 11.6. The number of H-pyrrole nitrogens is 1. The third kappa shape index (κ3) is 2.23. The molecule has 0 aromatic carbocycles. The fraction of sp³-hybridized carbons (Fsp3) is 0.600. The van der Waals surface area contributed by atoms with Gasteiger partial charge < -0.3 is 20.1 Å². The summed E-state index contributed by atoms with van der Waals surface area (Å²) >= 11 is 0. The smallest absolute Gasteiger partial charge is 0.330 e. The number of aliphatic hydroxyl groups excluding tert-OH is 3. The van der Waals surface area contributed by atoms with Crippen LogP contribution in [0.25, 0.3) is 0 Å². The van der Waals surface area contributed by atoms with Crippen molar-refractivity contribution >= 4 is 0 Å². The van der Waals surface area contributed by atoms with Gasteiger partial charge in [-0.3, -0.25) is 14.3 Å². The van der Waals surface area contributed by atoms with Gasteiger partial charge in [0.1, 0.15) is 6.10 Å². The molecular weight excluding hydrogens is 244 g/mol. The van der Waals surface area contributed by atoms with Gasteiger partial charge in [0.2, 0.25) is 0 Å². The summed E-state index contributed by atoms with van der Waals surface area (Å²) in [4.78, 5) is 24.9. The molecule has 1 aromatic rings. The Kier molecular flexibility index (Phi) is 3.62. The van der Waals surface area contributed by atoms with Crippen molar-refractivity contribution in [2.45, 2.75) is 31.5 Å². The number of aromatic nitrogens is 2. The third-order valence-corrected chi connectivity index (χ3v) is 2.86. The summed E-state index contributed by atoms with van der Waals surface area (Å²) in [5.41, 5.74) is -1.41. The zero-order valence-electron chi connectivity index (χ0n) is 9.44. The monoisotopic (exact) mass is 258 g/mol. The van der Waals surface area contributed by atoms with Gasteiger partial charge in [0.15, 0.2) is 6.23 Å². The minimum atomic E-state index is -0.975. The zero-order valence-corrected chi connectivity index (χ0v) is 9.44. The number of nitrogens with one attached hydrogen (secondary N) is 1. The average molecular weight is 258 g/mol. The van der Waals surface area contributed by atoms with Crippen LogP contribution in [0.5, 0.6) is 0 Å². The first-order chi connectivity index (χ1) is 8.56. The van der Waals surface area contributed by atoms with E-state index >= 15 is 0 Å². The van der Waals surface area contributed by atoms with Gasteiger partial charge in [-0.2, -0.15) is 0 Å². The van der Waals surface area contributed by atoms with Crippen LogP contribution in [-0.2, 0) is 11.3 Å². The largest absolute Gasteiger partial charge is 0.394 e. The maximum Gasteiger partial charge on any atom is 0.330 e. The Balaban J connectivity index is 2.39. The van der Waals surface area contributed by atoms with Crippen LogP contribution in [0.2, 0.25) is 0 Å². The van der Waals surface area contributed by atoms with E-state index in [0.717, 1.165) is 10.8 Å². The molecule has 8 heteroatoms. The first-order valence-electron chi connectivity index (χ1n) is 5.46. The molecule has 2 heterocycles. The van der Waals surface area contributed by atoms with Crippen molar-refractivity contribution in [1.29, 1.82) is 0 Å². The first-order valence-corrected chi connectivity index (χ1v) is 5.46. The van der Waals surface area contributed by atoms with Crippen LogP contribution < -0.4 is 11.2 Å². The SMILES string of the molecule is O=c1[nH]c(=O)n([C@H]2O[C@@H](CO)CC2O)cc1CO. The molecule has 1 saturated heterocycles. The van der Waals surface area contributed by atoms with E-state index in [0.29, 0.717) is 0 Å². The molecule has 0 bridgehead atoms. The lowest BCUT2D eigenvalue weighted by atomic mass is 10.2. The molecule has 0 spiro atoms. The second kappa shape index (κ2) is 5.02. The van der Waals surface area contributed by atoms with E-state index in [9.17, 15) is 14.7 Å². The zero-order chi connectivity index (χ0) is 13.3. The second-order valence-corrected chi connectivity index (χ2v) is 4.11. The molecule has 8 nitrogen and oxygen atoms in total. The molecule has 1 fully saturated rings. The number of rotatable bonds is 3. The maximum absolute atomic E-state index is 11.6. The molecule has 1 aliphatic rings. The Morgan fingerprint density at radius 1 is 1.44 bits per heavy atom. The van der Waals surface area contributed by atoms with Gasteiger partial charge in [-0.1, -0.05) is 0 Å². The van der Waals surface area contributed by atoms with E-state index < -0.39 is 36.3 Å². The van der Waals surface area contributed by atoms with Crippen LogP contribution >= 0.6 is 0 Å². The Labute approximate surface area is 101 Å². The third-order valence-electron chi connectivity index (χ3n) is 2.86. The van der Waals surface area contributed by atoms with Crippen molar-refractivity contribution in [2.24, 2.45) is 0 Å². The molecule has 4 N–H and O–H groups in total. The number of aromatic amines is 1. The summed E-state index contributed by atoms with van der Waals surface area (Å²) in [5, 5.41) is 27.7. The van der Waals surface area contributed by atoms with Gasteiger partial charge in [0.05, 0.1) is 24.9 Å². The number of hydrogen-bond donors (Lipinski definition) is 4. The Bertz CT molecular complexity index is 536. The molecular formula is C10H14N2O6. The van der Waals surface area contributed by atoms with E-state index in [2.05, 4.69) is 0 Å². The van der Waals surface area contributed by atoms with Gasteiger partial charge in [-0.25, -0.2) is 4.79 Å². The Morgan fingerprint density at radius 3 is 2.72 bits per heavy atom. The van der Waals surface area contributed by atoms with Crippen molar-refractivity contribution in [3.8, 4) is 0 Å². The molecule has 3 atom stereocenters. The Hall–Kier alpha value is -1.48. The highest BCUT2D eigenvalue weighted by Gasteiger charge is 2.35. The van der Waals surface area contributed by atoms with Gasteiger partial charge in [-0.05, 0) is 0 Å². The standard InChI is InChI=1S/C10H14N2O6/c13-3-5-2-12(10(17)11-8(5)16)9-7(15)1-6(4-14)18-9/h2,6-7,9,13-15H,1,3-4H2,(H,11,16,17)/t6-,7?,9+/m1/s1. The number of aliphatic hydroxyl groups is 3. The van der Waals surface area contributed by atoms with Crippen LogP contribution in [0.15, 0.2) is 15.8 Å². The molecule has 0 amide bonds. The van der Waals surface area contributed by atoms with E-state index in [1.165, 1.54) is 0 Å². The summed E-state index contributed by atoms with van der Waals surface area (Å²) in [6, 6.07) is 0. The van der Waals surface area contributed by atoms with E-state index in [4.69, 9.17) is 14.9 Å². The van der Waals surface area contributed by atoms with E-state index in [1.54, 1.807) is 0 Å². The minimum absolute atomic E-state index is 0.00199. The van der Waals surface area contributed by atoms with Crippen LogP contribution in [0.1, 0.15) is 18.2 Å². The van der Waals surface area contributed by atoms with Crippen molar-refractivity contribution in [3.05, 3.63) is 32.6 Å². The molecule has 100 valence electrons. The summed E-state index contributed by atoms with van der Waals surface area (Å²) in [6.45, 7) is -0.791. The molecule has 1 aliphatic heterocycles. The minimum Gasteiger partial charge on any atom is -0.394 e. The van der Waals surface area contributed by atoms with E-state index in [-0.39, 0.29) is 18.6 Å². The van der Waals surface area contributed by atoms with Gasteiger partial charge >= 0.3 is 5.69 Å². The van der Waals surface area contributed by atoms with Crippen molar-refractivity contribution < 1.29 is 20.1 Å². The molecule has 0 radical (unpaired) electrons. The molecule has 0 aliphatic carbocycles. The predicted molar refractivity (Wildman–Crippen MR) is 58.9 cm³/mol. The van der Waals surface area contributed by atoms with Crippen LogP contribution in [0.4, 0.5) is 0 Å². The topological polar surface area (TPSA) is 125 Å². The van der Waals surface area contributed by atoms with Gasteiger partial charge in [0, 0.05) is 12.6 Å². The molecule has 0 saturated carbocycles. The normalized spacial score (nSPS) is 27.6. The summed E-state index contributed by atoms with van der Waals surface area (Å²) in [6.07, 6.45) is -1.15. The van der Waals surface area contributed by atoms with Crippen LogP contribution in [0, 0.1) is 0 Å². The second-order valence-electron chi connectivity index (χ2n) is 4.11. The lowest BCUT2D eigenvalue weighted by Gasteiger charge is -2.17.